The first-order valence-electron chi connectivity index (χ1n) is 13.8. The van der Waals surface area contributed by atoms with E-state index in [4.69, 9.17) is 4.74 Å². The van der Waals surface area contributed by atoms with Crippen molar-refractivity contribution in [3.63, 3.8) is 0 Å². The highest BCUT2D eigenvalue weighted by Gasteiger charge is 2.36. The van der Waals surface area contributed by atoms with Crippen LogP contribution in [0.5, 0.6) is 0 Å². The van der Waals surface area contributed by atoms with Crippen LogP contribution < -0.4 is 10.6 Å². The van der Waals surface area contributed by atoms with Gasteiger partial charge in [-0.15, -0.1) is 0 Å². The molecular weight excluding hydrogens is 576 g/mol. The first-order valence-corrected chi connectivity index (χ1v) is 14.9. The zero-order valence-corrected chi connectivity index (χ0v) is 24.9. The van der Waals surface area contributed by atoms with Gasteiger partial charge in [0.1, 0.15) is 24.7 Å². The van der Waals surface area contributed by atoms with Crippen molar-refractivity contribution in [1.29, 1.82) is 0 Å². The van der Waals surface area contributed by atoms with E-state index in [1.165, 1.54) is 40.6 Å². The molecular formula is C30H34N4O8S. The van der Waals surface area contributed by atoms with E-state index in [-0.39, 0.29) is 34.4 Å². The van der Waals surface area contributed by atoms with E-state index in [1.807, 2.05) is 0 Å². The predicted molar refractivity (Wildman–Crippen MR) is 158 cm³/mol. The molecule has 3 atom stereocenters. The number of ether oxygens (including phenoxy) is 1. The van der Waals surface area contributed by atoms with Gasteiger partial charge in [0.2, 0.25) is 23.6 Å². The number of carboxylic acids is 1. The molecule has 0 bridgehead atoms. The van der Waals surface area contributed by atoms with Gasteiger partial charge in [-0.25, -0.2) is 9.59 Å². The van der Waals surface area contributed by atoms with Gasteiger partial charge in [-0.3, -0.25) is 19.2 Å². The second-order valence-corrected chi connectivity index (χ2v) is 11.6. The number of aromatic carboxylic acids is 1. The summed E-state index contributed by atoms with van der Waals surface area (Å²) in [5, 5.41) is 14.8. The number of likely N-dealkylation sites (tertiary alicyclic amines) is 1. The number of nitrogens with one attached hydrogen (secondary N) is 2. The normalized spacial score (nSPS) is 20.9. The largest absolute Gasteiger partial charge is 0.478 e. The Kier molecular flexibility index (Phi) is 10.1. The molecule has 0 aliphatic carbocycles. The Morgan fingerprint density at radius 3 is 2.51 bits per heavy atom. The minimum Gasteiger partial charge on any atom is -0.478 e. The number of cyclic esters (lactones) is 1. The number of rotatable bonds is 5. The summed E-state index contributed by atoms with van der Waals surface area (Å²) >= 11 is 1.31. The van der Waals surface area contributed by atoms with E-state index >= 15 is 0 Å². The number of carbonyl (C=O) groups is 6. The Bertz CT molecular complexity index is 1440. The van der Waals surface area contributed by atoms with E-state index in [0.717, 1.165) is 0 Å². The van der Waals surface area contributed by atoms with Crippen molar-refractivity contribution in [2.24, 2.45) is 0 Å². The summed E-state index contributed by atoms with van der Waals surface area (Å²) in [7, 11) is 3.13. The molecule has 2 aromatic rings. The average molecular weight is 611 g/mol. The third-order valence-electron chi connectivity index (χ3n) is 7.38. The van der Waals surface area contributed by atoms with Crippen LogP contribution in [0.15, 0.2) is 42.5 Å². The summed E-state index contributed by atoms with van der Waals surface area (Å²) in [5.41, 5.74) is 2.08. The zero-order chi connectivity index (χ0) is 31.3. The van der Waals surface area contributed by atoms with Crippen molar-refractivity contribution >= 4 is 47.3 Å². The lowest BCUT2D eigenvalue weighted by molar-refractivity contribution is -0.139. The van der Waals surface area contributed by atoms with Gasteiger partial charge in [0.25, 0.3) is 0 Å². The molecule has 13 heteroatoms. The molecule has 1 fully saturated rings. The molecule has 43 heavy (non-hydrogen) atoms. The van der Waals surface area contributed by atoms with Crippen LogP contribution in [0, 0.1) is 0 Å². The number of carboxylic acid groups (broad SMARTS) is 1. The van der Waals surface area contributed by atoms with E-state index in [9.17, 15) is 33.9 Å². The van der Waals surface area contributed by atoms with Crippen molar-refractivity contribution in [3.8, 4) is 11.1 Å². The molecule has 0 aromatic heterocycles. The number of fused-ring (bicyclic) bond motifs is 1. The van der Waals surface area contributed by atoms with Gasteiger partial charge in [0.05, 0.1) is 11.1 Å². The van der Waals surface area contributed by atoms with Crippen LogP contribution >= 0.6 is 11.8 Å². The van der Waals surface area contributed by atoms with Gasteiger partial charge >= 0.3 is 11.9 Å². The maximum atomic E-state index is 13.4. The van der Waals surface area contributed by atoms with E-state index in [2.05, 4.69) is 10.6 Å². The summed E-state index contributed by atoms with van der Waals surface area (Å²) in [6, 6.07) is 8.31. The second kappa shape index (κ2) is 13.7. The molecule has 4 rings (SSSR count). The van der Waals surface area contributed by atoms with Crippen LogP contribution in [0.1, 0.15) is 46.0 Å². The van der Waals surface area contributed by atoms with Gasteiger partial charge in [0.15, 0.2) is 0 Å². The highest BCUT2D eigenvalue weighted by Crippen LogP contribution is 2.31. The molecule has 3 N–H and O–H groups in total. The van der Waals surface area contributed by atoms with Crippen molar-refractivity contribution in [1.82, 2.24) is 20.4 Å². The molecule has 2 aliphatic rings. The summed E-state index contributed by atoms with van der Waals surface area (Å²) in [4.78, 5) is 79.4. The molecule has 0 radical (unpaired) electrons. The third kappa shape index (κ3) is 7.34. The third-order valence-corrected chi connectivity index (χ3v) is 8.44. The number of thioether (sulfide) groups is 1. The van der Waals surface area contributed by atoms with Crippen molar-refractivity contribution in [2.45, 2.75) is 43.6 Å². The molecule has 0 saturated carbocycles. The lowest BCUT2D eigenvalue weighted by atomic mass is 9.95. The summed E-state index contributed by atoms with van der Waals surface area (Å²) in [5.74, 6) is -3.28. The minimum absolute atomic E-state index is 0.0852. The lowest BCUT2D eigenvalue weighted by Gasteiger charge is -2.28. The number of carbonyl (C=O) groups excluding carboxylic acids is 5. The maximum Gasteiger partial charge on any atom is 0.338 e. The Morgan fingerprint density at radius 1 is 1.09 bits per heavy atom. The molecule has 2 heterocycles. The summed E-state index contributed by atoms with van der Waals surface area (Å²) < 4.78 is 5.56. The fraction of sp³-hybridized carbons (Fsp3) is 0.400. The predicted octanol–water partition coefficient (Wildman–Crippen LogP) is 1.52. The van der Waals surface area contributed by atoms with Crippen LogP contribution in [0.3, 0.4) is 0 Å². The number of esters is 1. The SMILES string of the molecule is CC(=O)N1CCC[C@H]1C(=O)N[C@@H]1COC(=O)c2cccc(-c3cccc(C(=O)O)c3)c2CSC[C@H](C(=O)N(C)C)NC1=O. The van der Waals surface area contributed by atoms with Gasteiger partial charge in [-0.1, -0.05) is 24.3 Å². The second-order valence-electron chi connectivity index (χ2n) is 10.6. The maximum absolute atomic E-state index is 13.4. The quantitative estimate of drug-likeness (QED) is 0.426. The van der Waals surface area contributed by atoms with Crippen LogP contribution in [0.25, 0.3) is 11.1 Å². The first kappa shape index (κ1) is 31.5. The van der Waals surface area contributed by atoms with Crippen molar-refractivity contribution < 1.29 is 38.6 Å². The molecule has 1 saturated heterocycles. The Hall–Kier alpha value is -4.39. The first-order chi connectivity index (χ1) is 20.5. The Labute approximate surface area is 253 Å². The lowest BCUT2D eigenvalue weighted by Crippen LogP contribution is -2.58. The smallest absolute Gasteiger partial charge is 0.338 e. The number of hydrogen-bond acceptors (Lipinski definition) is 8. The van der Waals surface area contributed by atoms with Crippen LogP contribution in [-0.4, -0.2) is 102 Å². The van der Waals surface area contributed by atoms with Crippen molar-refractivity contribution in [2.75, 3.05) is 33.0 Å². The van der Waals surface area contributed by atoms with Gasteiger partial charge in [0, 0.05) is 39.1 Å². The molecule has 2 aromatic carbocycles. The standard InChI is InChI=1S/C30H34N4O8S/c1-17(35)34-12-6-11-25(34)27(37)31-23-14-42-30(41)21-10-5-9-20(18-7-4-8-19(13-18)29(39)40)22(21)15-43-16-24(32-26(23)36)28(38)33(2)3/h4-5,7-10,13,23-25H,6,11-12,14-16H2,1-3H3,(H,31,37)(H,32,36)(H,39,40)/t23-,24-,25+/m1/s1. The van der Waals surface area contributed by atoms with E-state index < -0.39 is 48.5 Å². The topological polar surface area (TPSA) is 162 Å². The number of hydrogen-bond donors (Lipinski definition) is 3. The van der Waals surface area contributed by atoms with Gasteiger partial charge < -0.3 is 30.3 Å². The number of nitrogens with zero attached hydrogens (tertiary/aromatic N) is 2. The van der Waals surface area contributed by atoms with Crippen LogP contribution in [0.4, 0.5) is 0 Å². The van der Waals surface area contributed by atoms with Crippen LogP contribution in [0.2, 0.25) is 0 Å². The van der Waals surface area contributed by atoms with Gasteiger partial charge in [-0.2, -0.15) is 11.8 Å². The molecule has 12 nitrogen and oxygen atoms in total. The average Bonchev–Trinajstić information content (AvgIpc) is 3.48. The Balaban J connectivity index is 1.69. The monoisotopic (exact) mass is 610 g/mol. The number of likely N-dealkylation sites (N-methyl/N-ethyl adjacent to an activating group) is 1. The van der Waals surface area contributed by atoms with Crippen molar-refractivity contribution in [3.05, 3.63) is 59.2 Å². The fourth-order valence-corrected chi connectivity index (χ4v) is 6.26. The Morgan fingerprint density at radius 2 is 1.81 bits per heavy atom. The van der Waals surface area contributed by atoms with Gasteiger partial charge in [-0.05, 0) is 47.7 Å². The summed E-state index contributed by atoms with van der Waals surface area (Å²) in [6.45, 7) is 1.27. The minimum atomic E-state index is -1.33. The molecule has 228 valence electrons. The molecule has 4 amide bonds. The number of amides is 4. The zero-order valence-electron chi connectivity index (χ0n) is 24.1. The highest BCUT2D eigenvalue weighted by atomic mass is 32.2. The van der Waals surface area contributed by atoms with Crippen LogP contribution in [-0.2, 0) is 29.7 Å². The molecule has 0 spiro atoms. The number of benzene rings is 2. The van der Waals surface area contributed by atoms with E-state index in [0.29, 0.717) is 36.1 Å². The molecule has 0 unspecified atom stereocenters. The van der Waals surface area contributed by atoms with E-state index in [1.54, 1.807) is 44.4 Å². The highest BCUT2D eigenvalue weighted by molar-refractivity contribution is 7.98. The molecule has 2 aliphatic heterocycles. The summed E-state index contributed by atoms with van der Waals surface area (Å²) in [6.07, 6.45) is 1.06. The fourth-order valence-electron chi connectivity index (χ4n) is 5.17.